The van der Waals surface area contributed by atoms with Crippen LogP contribution in [0.5, 0.6) is 5.75 Å². The van der Waals surface area contributed by atoms with Gasteiger partial charge in [-0.3, -0.25) is 28.9 Å². The molecule has 0 bridgehead atoms. The van der Waals surface area contributed by atoms with Crippen molar-refractivity contribution in [3.05, 3.63) is 76.4 Å². The number of rotatable bonds is 5. The number of carbonyl (C=O) groups excluding carboxylic acids is 4. The van der Waals surface area contributed by atoms with E-state index in [2.05, 4.69) is 0 Å². The Bertz CT molecular complexity index is 1590. The quantitative estimate of drug-likeness (QED) is 0.345. The maximum Gasteiger partial charge on any atom is 0.303 e. The standard InChI is InChI=1S/C31H27NO7/c1-15-13-23(34)21-14-20-18(9-10-19-25(20)31(39)32(30(19)38)12-4-7-24(35)36)27(28(21)29(15)37)26-17-6-3-2-5-16(17)8-11-22(26)33/h2-3,5-6,8-9,11,13,19-20,25,27,33H,4,7,10,12,14H2,1H3,(H,35,36). The van der Waals surface area contributed by atoms with Crippen molar-refractivity contribution < 1.29 is 34.2 Å². The summed E-state index contributed by atoms with van der Waals surface area (Å²) in [6, 6.07) is 10.9. The number of nitrogens with zero attached hydrogens (tertiary/aromatic N) is 1. The van der Waals surface area contributed by atoms with Crippen LogP contribution in [0.3, 0.4) is 0 Å². The van der Waals surface area contributed by atoms with Gasteiger partial charge < -0.3 is 10.2 Å². The van der Waals surface area contributed by atoms with Crippen molar-refractivity contribution in [2.45, 2.75) is 38.5 Å². The highest BCUT2D eigenvalue weighted by Gasteiger charge is 2.56. The summed E-state index contributed by atoms with van der Waals surface area (Å²) < 4.78 is 0. The lowest BCUT2D eigenvalue weighted by molar-refractivity contribution is -0.142. The van der Waals surface area contributed by atoms with Gasteiger partial charge in [-0.2, -0.15) is 0 Å². The number of allylic oxidation sites excluding steroid dienone is 6. The van der Waals surface area contributed by atoms with Crippen molar-refractivity contribution in [2.75, 3.05) is 6.54 Å². The number of imide groups is 1. The lowest BCUT2D eigenvalue weighted by Gasteiger charge is -2.42. The predicted octanol–water partition coefficient (Wildman–Crippen LogP) is 3.84. The molecule has 2 aromatic carbocycles. The van der Waals surface area contributed by atoms with Gasteiger partial charge in [0, 0.05) is 41.2 Å². The third-order valence-corrected chi connectivity index (χ3v) is 8.66. The van der Waals surface area contributed by atoms with Gasteiger partial charge in [0.25, 0.3) is 0 Å². The highest BCUT2D eigenvalue weighted by molar-refractivity contribution is 6.24. The van der Waals surface area contributed by atoms with Gasteiger partial charge in [0.2, 0.25) is 11.8 Å². The fourth-order valence-electron chi connectivity index (χ4n) is 6.95. The number of hydrogen-bond donors (Lipinski definition) is 2. The van der Waals surface area contributed by atoms with Gasteiger partial charge in [-0.25, -0.2) is 0 Å². The lowest BCUT2D eigenvalue weighted by atomic mass is 9.59. The van der Waals surface area contributed by atoms with Gasteiger partial charge in [-0.1, -0.05) is 42.0 Å². The number of phenolic OH excluding ortho intramolecular Hbond substituents is 1. The number of carboxylic acids is 1. The third-order valence-electron chi connectivity index (χ3n) is 8.66. The maximum atomic E-state index is 13.7. The molecule has 1 fully saturated rings. The van der Waals surface area contributed by atoms with E-state index in [9.17, 15) is 29.1 Å². The summed E-state index contributed by atoms with van der Waals surface area (Å²) in [6.45, 7) is 1.63. The molecule has 4 aliphatic rings. The number of carbonyl (C=O) groups is 5. The fourth-order valence-corrected chi connectivity index (χ4v) is 6.95. The number of fused-ring (bicyclic) bond motifs is 4. The molecule has 2 N–H and O–H groups in total. The van der Waals surface area contributed by atoms with E-state index in [4.69, 9.17) is 5.11 Å². The molecule has 3 aliphatic carbocycles. The molecule has 0 radical (unpaired) electrons. The van der Waals surface area contributed by atoms with E-state index in [0.29, 0.717) is 22.3 Å². The van der Waals surface area contributed by atoms with Gasteiger partial charge in [0.1, 0.15) is 5.75 Å². The Hall–Kier alpha value is -4.33. The molecule has 4 atom stereocenters. The molecule has 2 aromatic rings. The van der Waals surface area contributed by atoms with Crippen molar-refractivity contribution in [1.82, 2.24) is 4.90 Å². The van der Waals surface area contributed by atoms with Gasteiger partial charge in [-0.15, -0.1) is 0 Å². The summed E-state index contributed by atoms with van der Waals surface area (Å²) in [6.07, 6.45) is 3.70. The molecular weight excluding hydrogens is 498 g/mol. The first-order valence-corrected chi connectivity index (χ1v) is 13.2. The number of aromatic hydroxyl groups is 1. The molecule has 6 rings (SSSR count). The van der Waals surface area contributed by atoms with E-state index in [-0.39, 0.29) is 61.4 Å². The average molecular weight is 526 g/mol. The maximum absolute atomic E-state index is 13.7. The van der Waals surface area contributed by atoms with Crippen LogP contribution < -0.4 is 0 Å². The second kappa shape index (κ2) is 9.15. The van der Waals surface area contributed by atoms with Crippen LogP contribution in [-0.4, -0.2) is 51.0 Å². The summed E-state index contributed by atoms with van der Waals surface area (Å²) >= 11 is 0. The van der Waals surface area contributed by atoms with E-state index in [1.54, 1.807) is 19.1 Å². The van der Waals surface area contributed by atoms with Crippen molar-refractivity contribution in [2.24, 2.45) is 17.8 Å². The first kappa shape index (κ1) is 25.0. The zero-order chi connectivity index (χ0) is 27.6. The number of aliphatic carboxylic acids is 1. The molecule has 4 unspecified atom stereocenters. The lowest BCUT2D eigenvalue weighted by Crippen LogP contribution is -2.40. The normalized spacial score (nSPS) is 26.3. The van der Waals surface area contributed by atoms with Crippen LogP contribution in [0.25, 0.3) is 10.8 Å². The third kappa shape index (κ3) is 3.77. The van der Waals surface area contributed by atoms with E-state index in [1.165, 1.54) is 11.0 Å². The molecule has 198 valence electrons. The number of Topliss-reactive ketones (excluding diaryl/α,β-unsaturated/α-hetero) is 1. The van der Waals surface area contributed by atoms with E-state index in [0.717, 1.165) is 16.3 Å². The van der Waals surface area contributed by atoms with Gasteiger partial charge in [-0.05, 0) is 55.0 Å². The van der Waals surface area contributed by atoms with Crippen molar-refractivity contribution >= 4 is 40.1 Å². The molecule has 8 heteroatoms. The summed E-state index contributed by atoms with van der Waals surface area (Å²) in [5, 5.41) is 21.8. The SMILES string of the molecule is CC1=CC(=O)C2=C(C1=O)C(c1c(O)ccc3ccccc13)C1=CCC3C(=O)N(CCCC(=O)O)C(=O)C3C1C2. The van der Waals surface area contributed by atoms with Gasteiger partial charge in [0.05, 0.1) is 11.8 Å². The first-order chi connectivity index (χ1) is 18.7. The number of carboxylic acid groups (broad SMARTS) is 1. The first-order valence-electron chi connectivity index (χ1n) is 13.2. The number of benzene rings is 2. The molecular formula is C31H27NO7. The highest BCUT2D eigenvalue weighted by atomic mass is 16.4. The Balaban J connectivity index is 1.50. The number of likely N-dealkylation sites (tertiary alicyclic amines) is 1. The van der Waals surface area contributed by atoms with Gasteiger partial charge in [0.15, 0.2) is 11.6 Å². The summed E-state index contributed by atoms with van der Waals surface area (Å²) in [5.41, 5.74) is 2.28. The molecule has 1 heterocycles. The van der Waals surface area contributed by atoms with Crippen molar-refractivity contribution in [3.63, 3.8) is 0 Å². The van der Waals surface area contributed by atoms with Crippen LogP contribution in [0.1, 0.15) is 44.1 Å². The molecule has 0 spiro atoms. The van der Waals surface area contributed by atoms with E-state index >= 15 is 0 Å². The molecule has 0 saturated carbocycles. The topological polar surface area (TPSA) is 129 Å². The van der Waals surface area contributed by atoms with Crippen molar-refractivity contribution in [3.8, 4) is 5.75 Å². The molecule has 1 aliphatic heterocycles. The smallest absolute Gasteiger partial charge is 0.303 e. The Morgan fingerprint density at radius 1 is 1.03 bits per heavy atom. The fraction of sp³-hybridized carbons (Fsp3) is 0.323. The monoisotopic (exact) mass is 525 g/mol. The predicted molar refractivity (Wildman–Crippen MR) is 141 cm³/mol. The minimum Gasteiger partial charge on any atom is -0.508 e. The van der Waals surface area contributed by atoms with Crippen LogP contribution in [0.4, 0.5) is 0 Å². The second-order valence-corrected chi connectivity index (χ2v) is 10.8. The van der Waals surface area contributed by atoms with Crippen LogP contribution in [0, 0.1) is 17.8 Å². The summed E-state index contributed by atoms with van der Waals surface area (Å²) in [4.78, 5) is 66.0. The van der Waals surface area contributed by atoms with Crippen molar-refractivity contribution in [1.29, 1.82) is 0 Å². The van der Waals surface area contributed by atoms with E-state index in [1.807, 2.05) is 30.3 Å². The Kier molecular flexibility index (Phi) is 5.86. The number of amides is 2. The molecule has 39 heavy (non-hydrogen) atoms. The number of hydrogen-bond acceptors (Lipinski definition) is 6. The molecule has 0 aromatic heterocycles. The Labute approximate surface area is 224 Å². The van der Waals surface area contributed by atoms with E-state index < -0.39 is 29.6 Å². The highest BCUT2D eigenvalue weighted by Crippen LogP contribution is 2.57. The average Bonchev–Trinajstić information content (AvgIpc) is 3.15. The number of phenols is 1. The zero-order valence-electron chi connectivity index (χ0n) is 21.3. The minimum absolute atomic E-state index is 0.00852. The Morgan fingerprint density at radius 3 is 2.56 bits per heavy atom. The van der Waals surface area contributed by atoms with Crippen LogP contribution in [-0.2, 0) is 24.0 Å². The molecule has 1 saturated heterocycles. The van der Waals surface area contributed by atoms with Crippen LogP contribution in [0.2, 0.25) is 0 Å². The molecule has 2 amide bonds. The largest absolute Gasteiger partial charge is 0.508 e. The minimum atomic E-state index is -0.997. The second-order valence-electron chi connectivity index (χ2n) is 10.8. The van der Waals surface area contributed by atoms with Crippen LogP contribution >= 0.6 is 0 Å². The number of ketones is 2. The summed E-state index contributed by atoms with van der Waals surface area (Å²) in [5.74, 6) is -4.80. The zero-order valence-corrected chi connectivity index (χ0v) is 21.3. The van der Waals surface area contributed by atoms with Crippen LogP contribution in [0.15, 0.2) is 70.8 Å². The summed E-state index contributed by atoms with van der Waals surface area (Å²) in [7, 11) is 0. The Morgan fingerprint density at radius 2 is 1.79 bits per heavy atom. The van der Waals surface area contributed by atoms with Gasteiger partial charge >= 0.3 is 5.97 Å². The molecule has 8 nitrogen and oxygen atoms in total.